The highest BCUT2D eigenvalue weighted by molar-refractivity contribution is 9.10. The lowest BCUT2D eigenvalue weighted by molar-refractivity contribution is 0.139. The number of hydrogen-bond acceptors (Lipinski definition) is 4. The summed E-state index contributed by atoms with van der Waals surface area (Å²) in [7, 11) is 1.69. The molecular formula is C16H20BrN3O3. The number of rotatable bonds is 7. The van der Waals surface area contributed by atoms with E-state index < -0.39 is 0 Å². The van der Waals surface area contributed by atoms with Gasteiger partial charge >= 0.3 is 6.09 Å². The average Bonchev–Trinajstić information content (AvgIpc) is 3.30. The van der Waals surface area contributed by atoms with Gasteiger partial charge in [-0.1, -0.05) is 6.07 Å². The van der Waals surface area contributed by atoms with Crippen molar-refractivity contribution in [3.8, 4) is 0 Å². The molecule has 2 aromatic rings. The van der Waals surface area contributed by atoms with Gasteiger partial charge in [0, 0.05) is 31.7 Å². The predicted octanol–water partition coefficient (Wildman–Crippen LogP) is 3.22. The molecule has 1 aromatic heterocycles. The minimum absolute atomic E-state index is 0.259. The Labute approximate surface area is 143 Å². The Morgan fingerprint density at radius 3 is 3.04 bits per heavy atom. The van der Waals surface area contributed by atoms with Crippen molar-refractivity contribution in [2.75, 3.05) is 13.7 Å². The van der Waals surface area contributed by atoms with E-state index in [1.807, 2.05) is 22.9 Å². The van der Waals surface area contributed by atoms with Crippen LogP contribution in [0.2, 0.25) is 0 Å². The third kappa shape index (κ3) is 4.23. The van der Waals surface area contributed by atoms with E-state index in [0.29, 0.717) is 12.6 Å². The van der Waals surface area contributed by atoms with Crippen molar-refractivity contribution >= 4 is 32.9 Å². The second kappa shape index (κ2) is 7.31. The second-order valence-corrected chi connectivity index (χ2v) is 6.46. The van der Waals surface area contributed by atoms with E-state index in [-0.39, 0.29) is 12.7 Å². The number of nitrogens with zero attached hydrogens (tertiary/aromatic N) is 2. The molecule has 1 fully saturated rings. The first-order valence-corrected chi connectivity index (χ1v) is 8.54. The highest BCUT2D eigenvalue weighted by Crippen LogP contribution is 2.25. The quantitative estimate of drug-likeness (QED) is 0.747. The number of methoxy groups -OCH3 is 1. The maximum atomic E-state index is 11.6. The number of aryl methyl sites for hydroxylation is 1. The Morgan fingerprint density at radius 2 is 2.30 bits per heavy atom. The van der Waals surface area contributed by atoms with Crippen LogP contribution in [0.3, 0.4) is 0 Å². The third-order valence-corrected chi connectivity index (χ3v) is 4.34. The van der Waals surface area contributed by atoms with Gasteiger partial charge in [0.25, 0.3) is 0 Å². The highest BCUT2D eigenvalue weighted by Gasteiger charge is 2.23. The van der Waals surface area contributed by atoms with E-state index in [1.165, 1.54) is 0 Å². The summed E-state index contributed by atoms with van der Waals surface area (Å²) in [5, 5.41) is 8.36. The Kier molecular flexibility index (Phi) is 5.17. The van der Waals surface area contributed by atoms with Crippen molar-refractivity contribution in [2.24, 2.45) is 0 Å². The maximum absolute atomic E-state index is 11.6. The lowest BCUT2D eigenvalue weighted by Crippen LogP contribution is -2.26. The van der Waals surface area contributed by atoms with E-state index in [1.54, 1.807) is 7.11 Å². The first-order chi connectivity index (χ1) is 11.2. The predicted molar refractivity (Wildman–Crippen MR) is 90.3 cm³/mol. The lowest BCUT2D eigenvalue weighted by atomic mass is 10.2. The van der Waals surface area contributed by atoms with Crippen molar-refractivity contribution in [3.05, 3.63) is 28.4 Å². The molecule has 23 heavy (non-hydrogen) atoms. The SMILES string of the molecule is COCCCn1nc(Br)c2ccc(COC(=O)NC3CC3)cc21. The fraction of sp³-hybridized carbons (Fsp3) is 0.500. The summed E-state index contributed by atoms with van der Waals surface area (Å²) in [6.07, 6.45) is 2.65. The summed E-state index contributed by atoms with van der Waals surface area (Å²) in [4.78, 5) is 11.6. The van der Waals surface area contributed by atoms with Crippen molar-refractivity contribution in [3.63, 3.8) is 0 Å². The van der Waals surface area contributed by atoms with E-state index in [0.717, 1.165) is 46.9 Å². The fourth-order valence-corrected chi connectivity index (χ4v) is 2.91. The number of ether oxygens (including phenoxy) is 2. The molecule has 1 aliphatic rings. The minimum atomic E-state index is -0.345. The molecule has 0 aliphatic heterocycles. The van der Waals surface area contributed by atoms with Crippen LogP contribution in [-0.2, 0) is 22.6 Å². The van der Waals surface area contributed by atoms with E-state index in [9.17, 15) is 4.79 Å². The number of amides is 1. The topological polar surface area (TPSA) is 65.4 Å². The summed E-state index contributed by atoms with van der Waals surface area (Å²) >= 11 is 3.49. The van der Waals surface area contributed by atoms with Crippen LogP contribution in [0.15, 0.2) is 22.8 Å². The minimum Gasteiger partial charge on any atom is -0.445 e. The van der Waals surface area contributed by atoms with Crippen LogP contribution in [0.1, 0.15) is 24.8 Å². The summed E-state index contributed by atoms with van der Waals surface area (Å²) in [5.74, 6) is 0. The number of nitrogens with one attached hydrogen (secondary N) is 1. The molecule has 1 amide bonds. The zero-order valence-electron chi connectivity index (χ0n) is 13.0. The van der Waals surface area contributed by atoms with Crippen LogP contribution in [0.25, 0.3) is 10.9 Å². The highest BCUT2D eigenvalue weighted by atomic mass is 79.9. The number of halogens is 1. The average molecular weight is 382 g/mol. The number of aromatic nitrogens is 2. The molecule has 124 valence electrons. The van der Waals surface area contributed by atoms with Crippen molar-refractivity contribution < 1.29 is 14.3 Å². The molecule has 0 bridgehead atoms. The molecular weight excluding hydrogens is 362 g/mol. The smallest absolute Gasteiger partial charge is 0.407 e. The summed E-state index contributed by atoms with van der Waals surface area (Å²) in [5.41, 5.74) is 1.97. The molecule has 3 rings (SSSR count). The van der Waals surface area contributed by atoms with Crippen LogP contribution < -0.4 is 5.32 Å². The van der Waals surface area contributed by atoms with Crippen molar-refractivity contribution in [2.45, 2.75) is 38.5 Å². The number of benzene rings is 1. The van der Waals surface area contributed by atoms with Crippen LogP contribution >= 0.6 is 15.9 Å². The van der Waals surface area contributed by atoms with Gasteiger partial charge in [0.05, 0.1) is 5.52 Å². The zero-order valence-corrected chi connectivity index (χ0v) is 14.6. The van der Waals surface area contributed by atoms with E-state index >= 15 is 0 Å². The molecule has 0 spiro atoms. The van der Waals surface area contributed by atoms with Crippen molar-refractivity contribution in [1.29, 1.82) is 0 Å². The molecule has 0 radical (unpaired) electrons. The van der Waals surface area contributed by atoms with Crippen LogP contribution in [-0.4, -0.2) is 35.6 Å². The number of alkyl carbamates (subject to hydrolysis) is 1. The van der Waals surface area contributed by atoms with Gasteiger partial charge in [0.15, 0.2) is 0 Å². The lowest BCUT2D eigenvalue weighted by Gasteiger charge is -2.07. The van der Waals surface area contributed by atoms with Crippen LogP contribution in [0.4, 0.5) is 4.79 Å². The maximum Gasteiger partial charge on any atom is 0.407 e. The van der Waals surface area contributed by atoms with Crippen LogP contribution in [0.5, 0.6) is 0 Å². The van der Waals surface area contributed by atoms with Gasteiger partial charge in [-0.3, -0.25) is 4.68 Å². The Morgan fingerprint density at radius 1 is 1.48 bits per heavy atom. The van der Waals surface area contributed by atoms with E-state index in [2.05, 4.69) is 26.3 Å². The molecule has 1 aromatic carbocycles. The first kappa shape index (κ1) is 16.3. The summed E-state index contributed by atoms with van der Waals surface area (Å²) < 4.78 is 13.1. The summed E-state index contributed by atoms with van der Waals surface area (Å²) in [6, 6.07) is 6.28. The van der Waals surface area contributed by atoms with Gasteiger partial charge in [-0.25, -0.2) is 4.79 Å². The number of carbonyl (C=O) groups excluding carboxylic acids is 1. The van der Waals surface area contributed by atoms with Crippen LogP contribution in [0, 0.1) is 0 Å². The molecule has 0 unspecified atom stereocenters. The van der Waals surface area contributed by atoms with Gasteiger partial charge in [-0.05, 0) is 52.9 Å². The first-order valence-electron chi connectivity index (χ1n) is 7.74. The van der Waals surface area contributed by atoms with Gasteiger partial charge in [-0.2, -0.15) is 5.10 Å². The molecule has 1 saturated carbocycles. The van der Waals surface area contributed by atoms with Gasteiger partial charge in [0.2, 0.25) is 0 Å². The molecule has 1 aliphatic carbocycles. The molecule has 0 atom stereocenters. The summed E-state index contributed by atoms with van der Waals surface area (Å²) in [6.45, 7) is 1.74. The number of carbonyl (C=O) groups is 1. The third-order valence-electron chi connectivity index (χ3n) is 3.76. The molecule has 6 nitrogen and oxygen atoms in total. The Balaban J connectivity index is 1.68. The molecule has 1 heterocycles. The monoisotopic (exact) mass is 381 g/mol. The van der Waals surface area contributed by atoms with E-state index in [4.69, 9.17) is 9.47 Å². The molecule has 7 heteroatoms. The fourth-order valence-electron chi connectivity index (χ4n) is 2.38. The normalized spacial score (nSPS) is 14.2. The van der Waals surface area contributed by atoms with Crippen molar-refractivity contribution in [1.82, 2.24) is 15.1 Å². The number of fused-ring (bicyclic) bond motifs is 1. The zero-order chi connectivity index (χ0) is 16.2. The molecule has 0 saturated heterocycles. The van der Waals surface area contributed by atoms with Gasteiger partial charge in [0.1, 0.15) is 11.2 Å². The standard InChI is InChI=1S/C16H20BrN3O3/c1-22-8-2-7-20-14-9-11(3-6-13(14)15(17)19-20)10-23-16(21)18-12-4-5-12/h3,6,9,12H,2,4-5,7-8,10H2,1H3,(H,18,21). The largest absolute Gasteiger partial charge is 0.445 e. The number of hydrogen-bond donors (Lipinski definition) is 1. The Bertz CT molecular complexity index is 697. The molecule has 1 N–H and O–H groups in total. The van der Waals surface area contributed by atoms with Gasteiger partial charge < -0.3 is 14.8 Å². The Hall–Kier alpha value is -1.60. The van der Waals surface area contributed by atoms with Gasteiger partial charge in [-0.15, -0.1) is 0 Å². The second-order valence-electron chi connectivity index (χ2n) is 5.71.